The van der Waals surface area contributed by atoms with Crippen molar-refractivity contribution in [2.24, 2.45) is 5.41 Å². The van der Waals surface area contributed by atoms with Gasteiger partial charge < -0.3 is 19.5 Å². The zero-order chi connectivity index (χ0) is 17.6. The quantitative estimate of drug-likeness (QED) is 0.678. The topological polar surface area (TPSA) is 62.2 Å². The molecule has 0 bridgehead atoms. The molecule has 2 aliphatic rings. The molecule has 2 rings (SSSR count). The molecule has 2 heterocycles. The number of ether oxygens (including phenoxy) is 2. The maximum absolute atomic E-state index is 12.0. The van der Waals surface area contributed by atoms with Crippen LogP contribution in [-0.2, 0) is 14.3 Å². The molecule has 0 aromatic carbocycles. The van der Waals surface area contributed by atoms with Crippen LogP contribution < -0.4 is 0 Å². The lowest BCUT2D eigenvalue weighted by atomic mass is 9.76. The minimum atomic E-state index is -0.646. The van der Waals surface area contributed by atoms with E-state index in [4.69, 9.17) is 9.47 Å². The Morgan fingerprint density at radius 1 is 1.29 bits per heavy atom. The summed E-state index contributed by atoms with van der Waals surface area (Å²) in [5.74, 6) is -0.646. The van der Waals surface area contributed by atoms with Gasteiger partial charge in [0.1, 0.15) is 0 Å². The molecule has 6 heteroatoms. The van der Waals surface area contributed by atoms with E-state index in [9.17, 15) is 9.90 Å². The van der Waals surface area contributed by atoms with Gasteiger partial charge >= 0.3 is 5.97 Å². The molecule has 2 fully saturated rings. The maximum Gasteiger partial charge on any atom is 0.310 e. The summed E-state index contributed by atoms with van der Waals surface area (Å²) in [7, 11) is 1.67. The second-order valence-corrected chi connectivity index (χ2v) is 7.91. The molecule has 140 valence electrons. The Balaban J connectivity index is 1.98. The molecule has 0 unspecified atom stereocenters. The Kier molecular flexibility index (Phi) is 7.04. The average Bonchev–Trinajstić information content (AvgIpc) is 2.56. The third kappa shape index (κ3) is 4.91. The molecule has 0 aromatic rings. The number of morpholine rings is 1. The van der Waals surface area contributed by atoms with E-state index in [0.717, 1.165) is 58.7 Å². The minimum absolute atomic E-state index is 0.0396. The molecule has 0 aromatic heterocycles. The van der Waals surface area contributed by atoms with Crippen LogP contribution in [0.25, 0.3) is 0 Å². The molecule has 2 saturated heterocycles. The number of carboxylic acid groups (broad SMARTS) is 1. The van der Waals surface area contributed by atoms with Gasteiger partial charge in [0.2, 0.25) is 0 Å². The van der Waals surface area contributed by atoms with E-state index in [0.29, 0.717) is 19.6 Å². The lowest BCUT2D eigenvalue weighted by molar-refractivity contribution is -0.154. The van der Waals surface area contributed by atoms with Gasteiger partial charge in [0, 0.05) is 45.4 Å². The van der Waals surface area contributed by atoms with Gasteiger partial charge in [-0.2, -0.15) is 0 Å². The van der Waals surface area contributed by atoms with Crippen LogP contribution >= 0.6 is 0 Å². The molecule has 1 N–H and O–H groups in total. The third-order valence-corrected chi connectivity index (χ3v) is 5.59. The molecule has 1 atom stereocenters. The van der Waals surface area contributed by atoms with Crippen molar-refractivity contribution >= 4 is 5.97 Å². The van der Waals surface area contributed by atoms with Crippen molar-refractivity contribution in [2.75, 3.05) is 59.7 Å². The standard InChI is InChI=1S/C18H34N2O4/c1-17(2,20-9-12-24-13-10-20)14-19-8-4-6-18(15-19,16(21)22)7-5-11-23-3/h4-15H2,1-3H3,(H,21,22)/t18-/m0/s1. The average molecular weight is 342 g/mol. The first-order valence-electron chi connectivity index (χ1n) is 9.17. The summed E-state index contributed by atoms with van der Waals surface area (Å²) >= 11 is 0. The number of likely N-dealkylation sites (tertiary alicyclic amines) is 1. The molecule has 24 heavy (non-hydrogen) atoms. The van der Waals surface area contributed by atoms with Gasteiger partial charge in [-0.05, 0) is 46.1 Å². The van der Waals surface area contributed by atoms with Gasteiger partial charge in [0.25, 0.3) is 0 Å². The fourth-order valence-electron chi connectivity index (χ4n) is 4.22. The molecule has 2 aliphatic heterocycles. The Morgan fingerprint density at radius 2 is 2.00 bits per heavy atom. The van der Waals surface area contributed by atoms with Crippen LogP contribution in [0, 0.1) is 5.41 Å². The van der Waals surface area contributed by atoms with Crippen molar-refractivity contribution in [2.45, 2.75) is 45.1 Å². The van der Waals surface area contributed by atoms with Crippen molar-refractivity contribution in [1.82, 2.24) is 9.80 Å². The first-order chi connectivity index (χ1) is 11.4. The zero-order valence-corrected chi connectivity index (χ0v) is 15.6. The van der Waals surface area contributed by atoms with Crippen LogP contribution in [0.5, 0.6) is 0 Å². The predicted octanol–water partition coefficient (Wildman–Crippen LogP) is 1.69. The molecule has 0 saturated carbocycles. The highest BCUT2D eigenvalue weighted by atomic mass is 16.5. The highest BCUT2D eigenvalue weighted by Gasteiger charge is 2.43. The van der Waals surface area contributed by atoms with Gasteiger partial charge in [-0.25, -0.2) is 0 Å². The second-order valence-electron chi connectivity index (χ2n) is 7.91. The first-order valence-corrected chi connectivity index (χ1v) is 9.17. The Morgan fingerprint density at radius 3 is 2.62 bits per heavy atom. The number of methoxy groups -OCH3 is 1. The molecule has 0 amide bonds. The highest BCUT2D eigenvalue weighted by Crippen LogP contribution is 2.36. The smallest absolute Gasteiger partial charge is 0.310 e. The zero-order valence-electron chi connectivity index (χ0n) is 15.6. The number of hydrogen-bond acceptors (Lipinski definition) is 5. The highest BCUT2D eigenvalue weighted by molar-refractivity contribution is 5.75. The van der Waals surface area contributed by atoms with Crippen LogP contribution in [0.15, 0.2) is 0 Å². The Hall–Kier alpha value is -0.690. The summed E-state index contributed by atoms with van der Waals surface area (Å²) in [4.78, 5) is 16.8. The Bertz CT molecular complexity index is 410. The first kappa shape index (κ1) is 19.6. The van der Waals surface area contributed by atoms with Gasteiger partial charge in [0.05, 0.1) is 18.6 Å². The van der Waals surface area contributed by atoms with Crippen molar-refractivity contribution < 1.29 is 19.4 Å². The number of piperidine rings is 1. The van der Waals surface area contributed by atoms with Gasteiger partial charge in [-0.3, -0.25) is 9.69 Å². The van der Waals surface area contributed by atoms with Gasteiger partial charge in [0.15, 0.2) is 0 Å². The monoisotopic (exact) mass is 342 g/mol. The van der Waals surface area contributed by atoms with Crippen molar-refractivity contribution in [3.05, 3.63) is 0 Å². The molecular formula is C18H34N2O4. The summed E-state index contributed by atoms with van der Waals surface area (Å²) in [6, 6.07) is 0. The summed E-state index contributed by atoms with van der Waals surface area (Å²) < 4.78 is 10.6. The van der Waals surface area contributed by atoms with Crippen LogP contribution in [0.2, 0.25) is 0 Å². The number of nitrogens with zero attached hydrogens (tertiary/aromatic N) is 2. The van der Waals surface area contributed by atoms with E-state index in [1.54, 1.807) is 7.11 Å². The summed E-state index contributed by atoms with van der Waals surface area (Å²) in [5, 5.41) is 9.86. The summed E-state index contributed by atoms with van der Waals surface area (Å²) in [6.45, 7) is 11.2. The molecule has 0 radical (unpaired) electrons. The molecular weight excluding hydrogens is 308 g/mol. The number of carboxylic acids is 1. The maximum atomic E-state index is 12.0. The SMILES string of the molecule is COCCC[C@@]1(C(=O)O)CCCN(CC(C)(C)N2CCOCC2)C1. The van der Waals surface area contributed by atoms with E-state index < -0.39 is 11.4 Å². The van der Waals surface area contributed by atoms with Crippen molar-refractivity contribution in [3.8, 4) is 0 Å². The number of hydrogen-bond donors (Lipinski definition) is 1. The summed E-state index contributed by atoms with van der Waals surface area (Å²) in [6.07, 6.45) is 3.24. The molecule has 0 aliphatic carbocycles. The fraction of sp³-hybridized carbons (Fsp3) is 0.944. The van der Waals surface area contributed by atoms with E-state index in [1.165, 1.54) is 0 Å². The third-order valence-electron chi connectivity index (χ3n) is 5.59. The second kappa shape index (κ2) is 8.61. The number of aliphatic carboxylic acids is 1. The van der Waals surface area contributed by atoms with Gasteiger partial charge in [-0.15, -0.1) is 0 Å². The number of carbonyl (C=O) groups is 1. The van der Waals surface area contributed by atoms with Crippen molar-refractivity contribution in [1.29, 1.82) is 0 Å². The lowest BCUT2D eigenvalue weighted by Gasteiger charge is -2.47. The van der Waals surface area contributed by atoms with Crippen LogP contribution in [0.3, 0.4) is 0 Å². The van der Waals surface area contributed by atoms with E-state index in [2.05, 4.69) is 23.6 Å². The Labute approximate surface area is 146 Å². The minimum Gasteiger partial charge on any atom is -0.481 e. The molecule has 6 nitrogen and oxygen atoms in total. The van der Waals surface area contributed by atoms with E-state index >= 15 is 0 Å². The predicted molar refractivity (Wildman–Crippen MR) is 93.3 cm³/mol. The van der Waals surface area contributed by atoms with Crippen LogP contribution in [-0.4, -0.2) is 86.1 Å². The van der Waals surface area contributed by atoms with Crippen LogP contribution in [0.4, 0.5) is 0 Å². The van der Waals surface area contributed by atoms with E-state index in [1.807, 2.05) is 0 Å². The normalized spacial score (nSPS) is 27.3. The summed E-state index contributed by atoms with van der Waals surface area (Å²) in [5.41, 5.74) is -0.574. The lowest BCUT2D eigenvalue weighted by Crippen LogP contribution is -2.58. The van der Waals surface area contributed by atoms with Gasteiger partial charge in [-0.1, -0.05) is 0 Å². The van der Waals surface area contributed by atoms with Crippen LogP contribution in [0.1, 0.15) is 39.5 Å². The fourth-order valence-corrected chi connectivity index (χ4v) is 4.22. The molecule has 0 spiro atoms. The number of rotatable bonds is 8. The van der Waals surface area contributed by atoms with E-state index in [-0.39, 0.29) is 5.54 Å². The van der Waals surface area contributed by atoms with Crippen molar-refractivity contribution in [3.63, 3.8) is 0 Å². The largest absolute Gasteiger partial charge is 0.481 e.